The van der Waals surface area contributed by atoms with Crippen molar-refractivity contribution in [1.29, 1.82) is 0 Å². The summed E-state index contributed by atoms with van der Waals surface area (Å²) in [4.78, 5) is 0. The van der Waals surface area contributed by atoms with E-state index in [-0.39, 0.29) is 0 Å². The molecular formula is C11H13N3O3. The molecule has 0 N–H and O–H groups in total. The molecule has 0 amide bonds. The van der Waals surface area contributed by atoms with Crippen molar-refractivity contribution in [2.75, 3.05) is 21.3 Å². The van der Waals surface area contributed by atoms with Gasteiger partial charge in [-0.2, -0.15) is 0 Å². The summed E-state index contributed by atoms with van der Waals surface area (Å²) in [6, 6.07) is 3.65. The van der Waals surface area contributed by atoms with E-state index in [1.807, 2.05) is 12.1 Å². The highest BCUT2D eigenvalue weighted by atomic mass is 16.5. The third-order valence-electron chi connectivity index (χ3n) is 2.37. The second-order valence-electron chi connectivity index (χ2n) is 3.25. The van der Waals surface area contributed by atoms with Crippen molar-refractivity contribution < 1.29 is 14.2 Å². The summed E-state index contributed by atoms with van der Waals surface area (Å²) in [7, 11) is 4.72. The number of ether oxygens (including phenoxy) is 3. The van der Waals surface area contributed by atoms with Gasteiger partial charge in [0.05, 0.1) is 27.0 Å². The Labute approximate surface area is 98.8 Å². The van der Waals surface area contributed by atoms with Crippen LogP contribution in [-0.4, -0.2) is 36.1 Å². The average molecular weight is 235 g/mol. The molecule has 1 aromatic heterocycles. The van der Waals surface area contributed by atoms with Crippen LogP contribution in [0.4, 0.5) is 0 Å². The molecule has 0 aliphatic carbocycles. The van der Waals surface area contributed by atoms with E-state index < -0.39 is 0 Å². The maximum Gasteiger partial charge on any atom is 0.203 e. The van der Waals surface area contributed by atoms with Crippen LogP contribution in [0, 0.1) is 0 Å². The van der Waals surface area contributed by atoms with Crippen LogP contribution < -0.4 is 14.2 Å². The lowest BCUT2D eigenvalue weighted by Crippen LogP contribution is -1.98. The van der Waals surface area contributed by atoms with Gasteiger partial charge in [-0.05, 0) is 0 Å². The van der Waals surface area contributed by atoms with Crippen molar-refractivity contribution in [1.82, 2.24) is 14.8 Å². The van der Waals surface area contributed by atoms with Crippen LogP contribution in [0.25, 0.3) is 5.69 Å². The molecule has 90 valence electrons. The molecule has 0 bridgehead atoms. The lowest BCUT2D eigenvalue weighted by atomic mass is 10.2. The third-order valence-corrected chi connectivity index (χ3v) is 2.37. The number of nitrogens with zero attached hydrogens (tertiary/aromatic N) is 3. The standard InChI is InChI=1S/C11H13N3O3/c1-15-9-4-8(14-6-12-13-7-14)5-10(16-2)11(9)17-3/h4-7H,1-3H3. The first-order chi connectivity index (χ1) is 8.30. The Hall–Kier alpha value is -2.24. The number of hydrogen-bond donors (Lipinski definition) is 0. The van der Waals surface area contributed by atoms with Gasteiger partial charge in [-0.3, -0.25) is 4.57 Å². The molecule has 1 aromatic carbocycles. The normalized spacial score (nSPS) is 10.1. The molecule has 6 heteroatoms. The van der Waals surface area contributed by atoms with E-state index in [2.05, 4.69) is 10.2 Å². The van der Waals surface area contributed by atoms with Crippen LogP contribution in [0.15, 0.2) is 24.8 Å². The predicted octanol–water partition coefficient (Wildman–Crippen LogP) is 1.29. The first kappa shape index (κ1) is 11.3. The van der Waals surface area contributed by atoms with Crippen LogP contribution in [0.5, 0.6) is 17.2 Å². The van der Waals surface area contributed by atoms with E-state index in [1.54, 1.807) is 38.6 Å². The van der Waals surface area contributed by atoms with Crippen LogP contribution in [-0.2, 0) is 0 Å². The Morgan fingerprint density at radius 3 is 1.82 bits per heavy atom. The maximum absolute atomic E-state index is 5.26. The third kappa shape index (κ3) is 2.01. The summed E-state index contributed by atoms with van der Waals surface area (Å²) in [5, 5.41) is 7.50. The van der Waals surface area contributed by atoms with E-state index in [1.165, 1.54) is 0 Å². The van der Waals surface area contributed by atoms with E-state index in [9.17, 15) is 0 Å². The van der Waals surface area contributed by atoms with E-state index in [4.69, 9.17) is 14.2 Å². The predicted molar refractivity (Wildman–Crippen MR) is 61.0 cm³/mol. The number of hydrogen-bond acceptors (Lipinski definition) is 5. The Morgan fingerprint density at radius 2 is 1.41 bits per heavy atom. The second kappa shape index (κ2) is 4.73. The van der Waals surface area contributed by atoms with Gasteiger partial charge in [0.25, 0.3) is 0 Å². The summed E-state index contributed by atoms with van der Waals surface area (Å²) in [6.07, 6.45) is 3.20. The molecule has 0 radical (unpaired) electrons. The number of rotatable bonds is 4. The zero-order valence-electron chi connectivity index (χ0n) is 9.88. The molecule has 0 aliphatic heterocycles. The van der Waals surface area contributed by atoms with Gasteiger partial charge in [-0.25, -0.2) is 0 Å². The van der Waals surface area contributed by atoms with Gasteiger partial charge in [0.15, 0.2) is 11.5 Å². The molecule has 0 saturated heterocycles. The first-order valence-electron chi connectivity index (χ1n) is 4.95. The van der Waals surface area contributed by atoms with E-state index in [0.29, 0.717) is 17.2 Å². The fraction of sp³-hybridized carbons (Fsp3) is 0.273. The highest BCUT2D eigenvalue weighted by Crippen LogP contribution is 2.39. The SMILES string of the molecule is COc1cc(-n2cnnc2)cc(OC)c1OC. The molecule has 0 unspecified atom stereocenters. The topological polar surface area (TPSA) is 58.4 Å². The minimum absolute atomic E-state index is 0.562. The van der Waals surface area contributed by atoms with Crippen LogP contribution in [0.2, 0.25) is 0 Å². The van der Waals surface area contributed by atoms with Gasteiger partial charge >= 0.3 is 0 Å². The molecule has 2 aromatic rings. The van der Waals surface area contributed by atoms with Gasteiger partial charge in [-0.15, -0.1) is 10.2 Å². The van der Waals surface area contributed by atoms with Crippen molar-refractivity contribution in [2.45, 2.75) is 0 Å². The lowest BCUT2D eigenvalue weighted by Gasteiger charge is -2.13. The molecule has 0 fully saturated rings. The van der Waals surface area contributed by atoms with Crippen LogP contribution in [0.1, 0.15) is 0 Å². The van der Waals surface area contributed by atoms with Crippen molar-refractivity contribution >= 4 is 0 Å². The van der Waals surface area contributed by atoms with Gasteiger partial charge in [0.1, 0.15) is 12.7 Å². The highest BCUT2D eigenvalue weighted by molar-refractivity contribution is 5.58. The summed E-state index contributed by atoms with van der Waals surface area (Å²) in [5.74, 6) is 1.75. The summed E-state index contributed by atoms with van der Waals surface area (Å²) < 4.78 is 17.5. The smallest absolute Gasteiger partial charge is 0.203 e. The number of methoxy groups -OCH3 is 3. The molecule has 0 saturated carbocycles. The average Bonchev–Trinajstić information content (AvgIpc) is 2.90. The van der Waals surface area contributed by atoms with Gasteiger partial charge < -0.3 is 14.2 Å². The molecule has 0 aliphatic rings. The fourth-order valence-electron chi connectivity index (χ4n) is 1.55. The molecule has 6 nitrogen and oxygen atoms in total. The van der Waals surface area contributed by atoms with Gasteiger partial charge in [0.2, 0.25) is 5.75 Å². The van der Waals surface area contributed by atoms with Crippen LogP contribution >= 0.6 is 0 Å². The molecule has 2 rings (SSSR count). The number of aromatic nitrogens is 3. The summed E-state index contributed by atoms with van der Waals surface area (Å²) >= 11 is 0. The highest BCUT2D eigenvalue weighted by Gasteiger charge is 2.13. The van der Waals surface area contributed by atoms with Crippen molar-refractivity contribution in [3.05, 3.63) is 24.8 Å². The zero-order chi connectivity index (χ0) is 12.3. The molecule has 0 atom stereocenters. The Morgan fingerprint density at radius 1 is 0.882 bits per heavy atom. The van der Waals surface area contributed by atoms with E-state index in [0.717, 1.165) is 5.69 Å². The van der Waals surface area contributed by atoms with Gasteiger partial charge in [0, 0.05) is 12.1 Å². The first-order valence-corrected chi connectivity index (χ1v) is 4.95. The molecule has 0 spiro atoms. The summed E-state index contributed by atoms with van der Waals surface area (Å²) in [5.41, 5.74) is 0.838. The quantitative estimate of drug-likeness (QED) is 0.799. The minimum Gasteiger partial charge on any atom is -0.493 e. The summed E-state index contributed by atoms with van der Waals surface area (Å²) in [6.45, 7) is 0. The van der Waals surface area contributed by atoms with Gasteiger partial charge in [-0.1, -0.05) is 0 Å². The van der Waals surface area contributed by atoms with Crippen LogP contribution in [0.3, 0.4) is 0 Å². The monoisotopic (exact) mass is 235 g/mol. The molecular weight excluding hydrogens is 222 g/mol. The second-order valence-corrected chi connectivity index (χ2v) is 3.25. The Balaban J connectivity index is 2.56. The number of benzene rings is 1. The fourth-order valence-corrected chi connectivity index (χ4v) is 1.55. The largest absolute Gasteiger partial charge is 0.493 e. The molecule has 1 heterocycles. The van der Waals surface area contributed by atoms with Crippen molar-refractivity contribution in [3.63, 3.8) is 0 Å². The van der Waals surface area contributed by atoms with E-state index >= 15 is 0 Å². The molecule has 17 heavy (non-hydrogen) atoms. The Kier molecular flexibility index (Phi) is 3.13. The van der Waals surface area contributed by atoms with Crippen molar-refractivity contribution in [3.8, 4) is 22.9 Å². The maximum atomic E-state index is 5.26. The zero-order valence-corrected chi connectivity index (χ0v) is 9.88. The van der Waals surface area contributed by atoms with Crippen molar-refractivity contribution in [2.24, 2.45) is 0 Å². The minimum atomic E-state index is 0.562. The lowest BCUT2D eigenvalue weighted by molar-refractivity contribution is 0.324. The Bertz CT molecular complexity index is 472.